The van der Waals surface area contributed by atoms with Gasteiger partial charge in [0.1, 0.15) is 18.0 Å². The van der Waals surface area contributed by atoms with E-state index < -0.39 is 24.6 Å². The number of benzene rings is 3. The molecule has 0 amide bonds. The summed E-state index contributed by atoms with van der Waals surface area (Å²) >= 11 is 0. The molecule has 0 aliphatic carbocycles. The van der Waals surface area contributed by atoms with Crippen molar-refractivity contribution in [3.63, 3.8) is 0 Å². The second kappa shape index (κ2) is 10.4. The third-order valence-corrected chi connectivity index (χ3v) is 6.02. The molecule has 2 heterocycles. The zero-order chi connectivity index (χ0) is 24.2. The first-order valence-corrected chi connectivity index (χ1v) is 11.5. The number of hydrogen-bond donors (Lipinski definition) is 2. The van der Waals surface area contributed by atoms with Crippen molar-refractivity contribution in [2.45, 2.75) is 31.0 Å². The first-order chi connectivity index (χ1) is 17.2. The maximum absolute atomic E-state index is 10.3. The van der Waals surface area contributed by atoms with Crippen molar-refractivity contribution in [3.05, 3.63) is 84.9 Å². The first kappa shape index (κ1) is 23.2. The minimum absolute atomic E-state index is 0.309. The lowest BCUT2D eigenvalue weighted by molar-refractivity contribution is -0.234. The fourth-order valence-electron chi connectivity index (χ4n) is 4.20. The summed E-state index contributed by atoms with van der Waals surface area (Å²) < 4.78 is 19.3. The number of rotatable bonds is 7. The molecule has 2 N–H and O–H groups in total. The van der Waals surface area contributed by atoms with Gasteiger partial charge in [-0.05, 0) is 24.3 Å². The molecule has 8 nitrogen and oxygen atoms in total. The first-order valence-electron chi connectivity index (χ1n) is 11.5. The lowest BCUT2D eigenvalue weighted by atomic mass is 10.0. The molecule has 5 rings (SSSR count). The number of aromatic nitrogens is 3. The molecule has 0 spiro atoms. The van der Waals surface area contributed by atoms with Crippen molar-refractivity contribution in [3.8, 4) is 34.2 Å². The van der Waals surface area contributed by atoms with E-state index in [1.165, 1.54) is 7.11 Å². The van der Waals surface area contributed by atoms with Gasteiger partial charge in [0.15, 0.2) is 11.6 Å². The highest BCUT2D eigenvalue weighted by molar-refractivity contribution is 5.69. The van der Waals surface area contributed by atoms with E-state index in [4.69, 9.17) is 24.3 Å². The molecule has 1 aliphatic heterocycles. The summed E-state index contributed by atoms with van der Waals surface area (Å²) in [5.74, 6) is 1.75. The predicted octanol–water partition coefficient (Wildman–Crippen LogP) is 3.46. The zero-order valence-electron chi connectivity index (χ0n) is 19.3. The standard InChI is InChI=1S/C27H27N3O5/c1-33-22-16-24(35-23(17-31)25(22)32)34-21-15-9-8-14-20(21)27-28-26(18-10-4-2-5-11-18)29-30(27)19-12-6-3-7-13-19/h2-15,22-25,31-32H,16-17H2,1H3/t22-,23-,24?,25-/m1/s1. The Bertz CT molecular complexity index is 1230. The topological polar surface area (TPSA) is 98.9 Å². The van der Waals surface area contributed by atoms with E-state index in [0.29, 0.717) is 23.8 Å². The van der Waals surface area contributed by atoms with E-state index in [1.807, 2.05) is 84.9 Å². The van der Waals surface area contributed by atoms with Crippen molar-refractivity contribution >= 4 is 0 Å². The fraction of sp³-hybridized carbons (Fsp3) is 0.259. The number of nitrogens with zero attached hydrogens (tertiary/aromatic N) is 3. The summed E-state index contributed by atoms with van der Waals surface area (Å²) in [5, 5.41) is 24.8. The number of methoxy groups -OCH3 is 1. The number of ether oxygens (including phenoxy) is 3. The van der Waals surface area contributed by atoms with Crippen LogP contribution in [-0.4, -0.2) is 63.3 Å². The van der Waals surface area contributed by atoms with Crippen molar-refractivity contribution in [1.82, 2.24) is 14.8 Å². The Kier molecular flexibility index (Phi) is 6.87. The largest absolute Gasteiger partial charge is 0.464 e. The Balaban J connectivity index is 1.54. The Labute approximate surface area is 203 Å². The molecule has 180 valence electrons. The average molecular weight is 474 g/mol. The molecule has 8 heteroatoms. The van der Waals surface area contributed by atoms with Crippen molar-refractivity contribution in [2.75, 3.05) is 13.7 Å². The van der Waals surface area contributed by atoms with E-state index in [2.05, 4.69) is 0 Å². The molecular formula is C27H27N3O5. The van der Waals surface area contributed by atoms with E-state index in [1.54, 1.807) is 4.68 Å². The van der Waals surface area contributed by atoms with Gasteiger partial charge in [-0.1, -0.05) is 60.7 Å². The van der Waals surface area contributed by atoms with Crippen LogP contribution in [-0.2, 0) is 9.47 Å². The summed E-state index contributed by atoms with van der Waals surface area (Å²) in [7, 11) is 1.52. The molecule has 4 atom stereocenters. The van der Waals surface area contributed by atoms with Gasteiger partial charge in [0.2, 0.25) is 6.29 Å². The minimum atomic E-state index is -0.935. The maximum atomic E-state index is 10.3. The van der Waals surface area contributed by atoms with Crippen LogP contribution in [0.1, 0.15) is 6.42 Å². The molecule has 4 aromatic rings. The second-order valence-corrected chi connectivity index (χ2v) is 8.27. The third kappa shape index (κ3) is 4.82. The smallest absolute Gasteiger partial charge is 0.202 e. The normalized spacial score (nSPS) is 22.1. The maximum Gasteiger partial charge on any atom is 0.202 e. The van der Waals surface area contributed by atoms with Crippen LogP contribution in [0, 0.1) is 0 Å². The highest BCUT2D eigenvalue weighted by atomic mass is 16.7. The number of aliphatic hydroxyl groups excluding tert-OH is 2. The quantitative estimate of drug-likeness (QED) is 0.424. The van der Waals surface area contributed by atoms with Crippen LogP contribution in [0.5, 0.6) is 5.75 Å². The highest BCUT2D eigenvalue weighted by Gasteiger charge is 2.39. The molecule has 1 aromatic heterocycles. The Morgan fingerprint density at radius 1 is 0.971 bits per heavy atom. The molecule has 1 aliphatic rings. The fourth-order valence-corrected chi connectivity index (χ4v) is 4.20. The molecular weight excluding hydrogens is 446 g/mol. The van der Waals surface area contributed by atoms with E-state index in [0.717, 1.165) is 16.8 Å². The van der Waals surface area contributed by atoms with Crippen LogP contribution in [0.15, 0.2) is 84.9 Å². The molecule has 0 radical (unpaired) electrons. The average Bonchev–Trinajstić information content (AvgIpc) is 3.36. The van der Waals surface area contributed by atoms with Gasteiger partial charge in [-0.25, -0.2) is 9.67 Å². The minimum Gasteiger partial charge on any atom is -0.464 e. The van der Waals surface area contributed by atoms with Gasteiger partial charge in [0, 0.05) is 19.1 Å². The van der Waals surface area contributed by atoms with Crippen LogP contribution in [0.4, 0.5) is 0 Å². The van der Waals surface area contributed by atoms with Gasteiger partial charge in [0.25, 0.3) is 0 Å². The van der Waals surface area contributed by atoms with Crippen molar-refractivity contribution < 1.29 is 24.4 Å². The van der Waals surface area contributed by atoms with Crippen LogP contribution < -0.4 is 4.74 Å². The Morgan fingerprint density at radius 3 is 2.37 bits per heavy atom. The molecule has 0 bridgehead atoms. The lowest BCUT2D eigenvalue weighted by Crippen LogP contribution is -2.52. The monoisotopic (exact) mass is 473 g/mol. The van der Waals surface area contributed by atoms with Gasteiger partial charge in [-0.3, -0.25) is 0 Å². The summed E-state index contributed by atoms with van der Waals surface area (Å²) in [6.45, 7) is -0.342. The van der Waals surface area contributed by atoms with Gasteiger partial charge in [0.05, 0.1) is 24.0 Å². The molecule has 1 unspecified atom stereocenters. The second-order valence-electron chi connectivity index (χ2n) is 8.27. The highest BCUT2D eigenvalue weighted by Crippen LogP contribution is 2.34. The Hall–Kier alpha value is -3.56. The molecule has 1 fully saturated rings. The van der Waals surface area contributed by atoms with Gasteiger partial charge in [-0.2, -0.15) is 0 Å². The van der Waals surface area contributed by atoms with E-state index in [-0.39, 0.29) is 6.61 Å². The van der Waals surface area contributed by atoms with Gasteiger partial charge < -0.3 is 24.4 Å². The van der Waals surface area contributed by atoms with Gasteiger partial charge >= 0.3 is 0 Å². The summed E-state index contributed by atoms with van der Waals surface area (Å²) in [5.41, 5.74) is 2.50. The summed E-state index contributed by atoms with van der Waals surface area (Å²) in [6, 6.07) is 27.1. The van der Waals surface area contributed by atoms with Crippen LogP contribution in [0.2, 0.25) is 0 Å². The molecule has 35 heavy (non-hydrogen) atoms. The molecule has 1 saturated heterocycles. The number of aliphatic hydroxyl groups is 2. The molecule has 3 aromatic carbocycles. The third-order valence-electron chi connectivity index (χ3n) is 6.02. The molecule has 0 saturated carbocycles. The van der Waals surface area contributed by atoms with Crippen LogP contribution >= 0.6 is 0 Å². The summed E-state index contributed by atoms with van der Waals surface area (Å²) in [4.78, 5) is 4.88. The number of para-hydroxylation sites is 2. The van der Waals surface area contributed by atoms with Gasteiger partial charge in [-0.15, -0.1) is 5.10 Å². The van der Waals surface area contributed by atoms with Crippen LogP contribution in [0.25, 0.3) is 28.5 Å². The Morgan fingerprint density at radius 2 is 1.66 bits per heavy atom. The lowest BCUT2D eigenvalue weighted by Gasteiger charge is -2.37. The summed E-state index contributed by atoms with van der Waals surface area (Å²) in [6.07, 6.45) is -2.67. The van der Waals surface area contributed by atoms with Crippen molar-refractivity contribution in [1.29, 1.82) is 0 Å². The van der Waals surface area contributed by atoms with E-state index >= 15 is 0 Å². The van der Waals surface area contributed by atoms with E-state index in [9.17, 15) is 10.2 Å². The predicted molar refractivity (Wildman–Crippen MR) is 130 cm³/mol. The van der Waals surface area contributed by atoms with Crippen molar-refractivity contribution in [2.24, 2.45) is 0 Å². The SMILES string of the molecule is CO[C@@H]1CC(Oc2ccccc2-c2nc(-c3ccccc3)nn2-c2ccccc2)O[C@H](CO)[C@@H]1O. The number of hydrogen-bond acceptors (Lipinski definition) is 7. The zero-order valence-corrected chi connectivity index (χ0v) is 19.3. The van der Waals surface area contributed by atoms with Crippen LogP contribution in [0.3, 0.4) is 0 Å².